The lowest BCUT2D eigenvalue weighted by atomic mass is 10.0. The topological polar surface area (TPSA) is 63.0 Å². The van der Waals surface area contributed by atoms with E-state index in [1.54, 1.807) is 0 Å². The highest BCUT2D eigenvalue weighted by Crippen LogP contribution is 2.43. The van der Waals surface area contributed by atoms with E-state index in [0.29, 0.717) is 11.4 Å². The molecule has 0 radical (unpaired) electrons. The first-order valence-electron chi connectivity index (χ1n) is 32.0. The first-order valence-corrected chi connectivity index (χ1v) is 34.4. The van der Waals surface area contributed by atoms with Crippen molar-refractivity contribution in [2.24, 2.45) is 4.99 Å². The molecule has 6 nitrogen and oxygen atoms in total. The van der Waals surface area contributed by atoms with E-state index in [2.05, 4.69) is 310 Å². The summed E-state index contributed by atoms with van der Waals surface area (Å²) in [4.78, 5) is 5.36. The number of benzene rings is 14. The molecule has 20 aromatic rings. The molecule has 0 aliphatic rings. The van der Waals surface area contributed by atoms with E-state index < -0.39 is 0 Å². The van der Waals surface area contributed by atoms with Crippen LogP contribution in [0.1, 0.15) is 11.1 Å². The molecule has 0 fully saturated rings. The molecule has 0 aliphatic heterocycles. The zero-order valence-electron chi connectivity index (χ0n) is 50.9. The molecule has 6 aromatic heterocycles. The molecule has 6 heterocycles. The second-order valence-electron chi connectivity index (χ2n) is 24.7. The number of rotatable bonds is 8. The largest absolute Gasteiger partial charge is 0.309 e. The van der Waals surface area contributed by atoms with Gasteiger partial charge in [-0.15, -0.1) is 34.0 Å². The Balaban J connectivity index is 0.697. The van der Waals surface area contributed by atoms with E-state index in [1.807, 2.05) is 46.1 Å². The number of nitrogens with zero attached hydrogens (tertiary/aromatic N) is 4. The van der Waals surface area contributed by atoms with E-state index in [0.717, 1.165) is 66.4 Å². The Kier molecular flexibility index (Phi) is 12.0. The fourth-order valence-corrected chi connectivity index (χ4v) is 18.3. The van der Waals surface area contributed by atoms with Gasteiger partial charge in [-0.2, -0.15) is 0 Å². The summed E-state index contributed by atoms with van der Waals surface area (Å²) in [6.07, 6.45) is 0. The number of aliphatic imine (C=N–C) groups is 1. The second-order valence-corrected chi connectivity index (χ2v) is 28.0. The monoisotopic (exact) mass is 1260 g/mol. The average Bonchev–Trinajstić information content (AvgIpc) is 1.62. The lowest BCUT2D eigenvalue weighted by Gasteiger charge is -2.16. The minimum atomic E-state index is 0.129. The van der Waals surface area contributed by atoms with Crippen molar-refractivity contribution in [1.29, 1.82) is 5.41 Å². The highest BCUT2D eigenvalue weighted by Gasteiger charge is 2.21. The van der Waals surface area contributed by atoms with Gasteiger partial charge in [-0.25, -0.2) is 4.99 Å². The smallest absolute Gasteiger partial charge is 0.154 e. The molecule has 14 aromatic carbocycles. The van der Waals surface area contributed by atoms with Crippen molar-refractivity contribution in [3.63, 3.8) is 0 Å². The fourth-order valence-electron chi connectivity index (χ4n) is 14.8. The summed E-state index contributed by atoms with van der Waals surface area (Å²) in [6.45, 7) is 0. The van der Waals surface area contributed by atoms with E-state index >= 15 is 0 Å². The molecule has 0 saturated carbocycles. The predicted molar refractivity (Wildman–Crippen MR) is 409 cm³/mol. The van der Waals surface area contributed by atoms with Gasteiger partial charge in [-0.3, -0.25) is 15.5 Å². The Labute approximate surface area is 556 Å². The summed E-state index contributed by atoms with van der Waals surface area (Å²) < 4.78 is 14.6. The SMILES string of the molecule is N=C(/N=C(\Nn1c2ccccc2c2cc(-c3ccc4c(c3)sc3ccccc34)ccc21)c1cccc(-n2c3ccccc3c3cc(-c4ccc5c(c4)sc4ccccc45)ccc32)c1)c1ccc(-n2c3ccccc3c3cc(-c4ccc5c(c4)sc4ccccc45)ccc32)cc1. The van der Waals surface area contributed by atoms with Crippen LogP contribution in [-0.4, -0.2) is 25.5 Å². The Hall–Kier alpha value is -11.7. The summed E-state index contributed by atoms with van der Waals surface area (Å²) in [5, 5.41) is 24.8. The summed E-state index contributed by atoms with van der Waals surface area (Å²) >= 11 is 5.55. The third-order valence-corrected chi connectivity index (χ3v) is 22.8. The molecule has 444 valence electrons. The van der Waals surface area contributed by atoms with Gasteiger partial charge < -0.3 is 9.13 Å². The number of amidine groups is 2. The highest BCUT2D eigenvalue weighted by molar-refractivity contribution is 7.26. The number of para-hydroxylation sites is 3. The maximum absolute atomic E-state index is 10.0. The second kappa shape index (κ2) is 21.2. The van der Waals surface area contributed by atoms with Gasteiger partial charge in [0.05, 0.1) is 33.1 Å². The number of thiophene rings is 3. The summed E-state index contributed by atoms with van der Waals surface area (Å²) in [7, 11) is 0. The molecular formula is C86H52N6S3. The van der Waals surface area contributed by atoms with Crippen LogP contribution in [0.4, 0.5) is 0 Å². The number of fused-ring (bicyclic) bond motifs is 18. The van der Waals surface area contributed by atoms with Crippen LogP contribution < -0.4 is 5.43 Å². The Bertz CT molecular complexity index is 6660. The highest BCUT2D eigenvalue weighted by atomic mass is 32.1. The molecule has 0 unspecified atom stereocenters. The number of hydrogen-bond donors (Lipinski definition) is 2. The number of aromatic nitrogens is 3. The fraction of sp³-hybridized carbons (Fsp3) is 0. The van der Waals surface area contributed by atoms with Crippen LogP contribution in [0.2, 0.25) is 0 Å². The normalized spacial score (nSPS) is 12.3. The predicted octanol–water partition coefficient (Wildman–Crippen LogP) is 24.1. The van der Waals surface area contributed by atoms with E-state index in [4.69, 9.17) is 4.99 Å². The Morgan fingerprint density at radius 1 is 0.263 bits per heavy atom. The quantitative estimate of drug-likeness (QED) is 0.116. The first kappa shape index (κ1) is 53.9. The van der Waals surface area contributed by atoms with Crippen molar-refractivity contribution in [3.8, 4) is 44.8 Å². The van der Waals surface area contributed by atoms with Gasteiger partial charge in [0.15, 0.2) is 11.7 Å². The molecule has 2 N–H and O–H groups in total. The molecule has 0 spiro atoms. The van der Waals surface area contributed by atoms with Crippen LogP contribution >= 0.6 is 34.0 Å². The molecule has 0 atom stereocenters. The van der Waals surface area contributed by atoms with Crippen molar-refractivity contribution in [2.75, 3.05) is 5.43 Å². The van der Waals surface area contributed by atoms with E-state index in [9.17, 15) is 5.41 Å². The molecule has 95 heavy (non-hydrogen) atoms. The first-order chi connectivity index (χ1) is 47.0. The van der Waals surface area contributed by atoms with Crippen molar-refractivity contribution in [1.82, 2.24) is 13.8 Å². The van der Waals surface area contributed by atoms with Gasteiger partial charge >= 0.3 is 0 Å². The lowest BCUT2D eigenvalue weighted by Crippen LogP contribution is -2.25. The van der Waals surface area contributed by atoms with Crippen molar-refractivity contribution >= 4 is 172 Å². The summed E-state index contributed by atoms with van der Waals surface area (Å²) in [5.74, 6) is 0.664. The molecule has 0 bridgehead atoms. The van der Waals surface area contributed by atoms with Crippen LogP contribution in [0.15, 0.2) is 308 Å². The van der Waals surface area contributed by atoms with Crippen LogP contribution in [0.5, 0.6) is 0 Å². The summed E-state index contributed by atoms with van der Waals surface area (Å²) in [5.41, 5.74) is 20.9. The number of hydrogen-bond acceptors (Lipinski definition) is 4. The van der Waals surface area contributed by atoms with Gasteiger partial charge in [0.2, 0.25) is 0 Å². The third-order valence-electron chi connectivity index (χ3n) is 19.4. The standard InChI is InChI=1S/C86H52N6S3/c87-85(51-28-36-59(37-29-51)90-73-22-7-1-16-61(73)70-45-52(33-41-75(70)90)55-30-38-67-64-19-4-10-25-79(64)93-82(67)48-55)88-86(89-92-77-24-9-3-18-63(77)72-47-54(35-43-78(72)92)57-32-40-69-66-21-6-12-27-81(66)95-84(69)50-57)58-14-13-15-60(44-58)91-74-23-8-2-17-62(74)71-46-53(34-42-76(71)91)56-31-39-68-65-20-5-11-26-80(65)94-83(68)49-56/h1-50H,(H2,87,88,89). The van der Waals surface area contributed by atoms with Gasteiger partial charge in [0.1, 0.15) is 0 Å². The van der Waals surface area contributed by atoms with Crippen molar-refractivity contribution in [3.05, 3.63) is 314 Å². The van der Waals surface area contributed by atoms with E-state index in [1.165, 1.54) is 110 Å². The maximum atomic E-state index is 10.0. The van der Waals surface area contributed by atoms with Crippen LogP contribution in [0.25, 0.3) is 171 Å². The lowest BCUT2D eigenvalue weighted by molar-refractivity contribution is 1.08. The minimum Gasteiger partial charge on any atom is -0.309 e. The van der Waals surface area contributed by atoms with Gasteiger partial charge in [-0.05, 0) is 161 Å². The molecule has 9 heteroatoms. The third kappa shape index (κ3) is 8.60. The Morgan fingerprint density at radius 3 is 1.12 bits per heavy atom. The average molecular weight is 1270 g/mol. The molecule has 0 amide bonds. The molecule has 0 saturated heterocycles. The molecular weight excluding hydrogens is 1210 g/mol. The van der Waals surface area contributed by atoms with Crippen molar-refractivity contribution < 1.29 is 0 Å². The van der Waals surface area contributed by atoms with Crippen molar-refractivity contribution in [2.45, 2.75) is 0 Å². The minimum absolute atomic E-state index is 0.129. The Morgan fingerprint density at radius 2 is 0.621 bits per heavy atom. The number of nitrogens with one attached hydrogen (secondary N) is 2. The molecule has 20 rings (SSSR count). The molecule has 0 aliphatic carbocycles. The van der Waals surface area contributed by atoms with Gasteiger partial charge in [0.25, 0.3) is 0 Å². The van der Waals surface area contributed by atoms with Crippen LogP contribution in [0.3, 0.4) is 0 Å². The summed E-state index contributed by atoms with van der Waals surface area (Å²) in [6, 6.07) is 110. The van der Waals surface area contributed by atoms with Gasteiger partial charge in [0, 0.05) is 115 Å². The van der Waals surface area contributed by atoms with Gasteiger partial charge in [-0.1, -0.05) is 176 Å². The zero-order valence-corrected chi connectivity index (χ0v) is 53.3. The zero-order chi connectivity index (χ0) is 62.4. The van der Waals surface area contributed by atoms with Crippen LogP contribution in [-0.2, 0) is 0 Å². The maximum Gasteiger partial charge on any atom is 0.154 e. The van der Waals surface area contributed by atoms with Crippen LogP contribution in [0, 0.1) is 5.41 Å². The van der Waals surface area contributed by atoms with E-state index in [-0.39, 0.29) is 5.84 Å².